The third-order valence-corrected chi connectivity index (χ3v) is 17.8. The fourth-order valence-electron chi connectivity index (χ4n) is 13.0. The van der Waals surface area contributed by atoms with E-state index in [4.69, 9.17) is 9.84 Å². The summed E-state index contributed by atoms with van der Waals surface area (Å²) in [5.74, 6) is -0.742. The van der Waals surface area contributed by atoms with E-state index in [0.29, 0.717) is 87.8 Å². The Balaban J connectivity index is 0.000000132. The number of anilines is 2. The Labute approximate surface area is 547 Å². The zero-order chi connectivity index (χ0) is 67.1. The van der Waals surface area contributed by atoms with E-state index in [2.05, 4.69) is 46.0 Å². The Hall–Kier alpha value is -11.6. The number of nitrogens with zero attached hydrogens (tertiary/aromatic N) is 15. The zero-order valence-corrected chi connectivity index (χ0v) is 52.2. The first-order valence-corrected chi connectivity index (χ1v) is 31.2. The Morgan fingerprint density at radius 3 is 1.40 bits per heavy atom. The van der Waals surface area contributed by atoms with E-state index in [-0.39, 0.29) is 106 Å². The highest BCUT2D eigenvalue weighted by molar-refractivity contribution is 6.03. The summed E-state index contributed by atoms with van der Waals surface area (Å²) in [7, 11) is 1.55. The molecule has 0 bridgehead atoms. The maximum Gasteiger partial charge on any atom is 0.255 e. The van der Waals surface area contributed by atoms with E-state index in [0.717, 1.165) is 51.0 Å². The minimum atomic E-state index is -0.627. The number of carbonyl (C=O) groups is 4. The number of aliphatic hydroxyl groups is 1. The molecule has 3 aromatic carbocycles. The van der Waals surface area contributed by atoms with E-state index < -0.39 is 23.6 Å². The number of nitriles is 3. The molecular weight excluding hydrogens is 1230 g/mol. The van der Waals surface area contributed by atoms with E-state index in [1.807, 2.05) is 54.0 Å². The van der Waals surface area contributed by atoms with Gasteiger partial charge in [0.05, 0.1) is 157 Å². The second-order valence-corrected chi connectivity index (χ2v) is 24.1. The average molecular weight is 1300 g/mol. The molecule has 12 heterocycles. The highest BCUT2D eigenvalue weighted by Crippen LogP contribution is 2.37. The topological polar surface area (TPSA) is 307 Å². The standard InChI is InChI=1S/C27H26FN7O2.C22H19FN6O3.C20H16FN5O/c28-19-7-3-5-17(14-29)24(19)20-13-22(25-21(31-20)15-30-26(25)36)35-12-8-23(32-35)34-11-4-6-18(16-34)27(37)33-9-1-2-10-33;1-32-18-11-28(10-17(18)30)19-5-6-29(27-19)16-7-14(26-15-9-25-22(31)21(15)16)20-12(8-24)3-2-4-13(20)23;1-11(2)14-6-7-26(25-14)17-8-15(24-16-10-23-20(27)19(16)17)18-12(9-22)4-3-5-13(18)21/h3,5,7-8,12-13,18H,1-2,4,6,9-11,15-16H2,(H,30,36);2-7,17-18,30H,9-11H2,1H3,(H,25,31);3-8,11H,10H2,1-2H3,(H,23,27)/t;17-,18+;/m.1./s1. The van der Waals surface area contributed by atoms with E-state index >= 15 is 0 Å². The summed E-state index contributed by atoms with van der Waals surface area (Å²) in [5, 5.41) is 60.6. The van der Waals surface area contributed by atoms with Crippen LogP contribution in [0.5, 0.6) is 0 Å². The van der Waals surface area contributed by atoms with Crippen molar-refractivity contribution in [3.63, 3.8) is 0 Å². The van der Waals surface area contributed by atoms with Gasteiger partial charge in [0.25, 0.3) is 17.7 Å². The monoisotopic (exact) mass is 1290 g/mol. The van der Waals surface area contributed by atoms with Crippen LogP contribution < -0.4 is 25.8 Å². The molecule has 24 nitrogen and oxygen atoms in total. The molecule has 3 atom stereocenters. The van der Waals surface area contributed by atoms with Crippen LogP contribution in [0.3, 0.4) is 0 Å². The largest absolute Gasteiger partial charge is 0.388 e. The molecule has 4 amide bonds. The summed E-state index contributed by atoms with van der Waals surface area (Å²) < 4.78 is 54.0. The lowest BCUT2D eigenvalue weighted by Crippen LogP contribution is -2.44. The van der Waals surface area contributed by atoms with Gasteiger partial charge >= 0.3 is 0 Å². The number of hydrogen-bond acceptors (Lipinski definition) is 17. The number of likely N-dealkylation sites (tertiary alicyclic amines) is 1. The van der Waals surface area contributed by atoms with Crippen LogP contribution in [-0.2, 0) is 29.2 Å². The van der Waals surface area contributed by atoms with E-state index in [1.165, 1.54) is 47.1 Å². The van der Waals surface area contributed by atoms with Crippen molar-refractivity contribution in [2.45, 2.75) is 77.3 Å². The Bertz CT molecular complexity index is 4750. The molecule has 6 aromatic heterocycles. The molecule has 6 aliphatic rings. The first kappa shape index (κ1) is 63.2. The van der Waals surface area contributed by atoms with Crippen LogP contribution in [-0.4, -0.2) is 137 Å². The first-order chi connectivity index (χ1) is 46.5. The first-order valence-electron chi connectivity index (χ1n) is 31.2. The number of aromatic nitrogens is 9. The normalized spacial score (nSPS) is 17.5. The number of rotatable bonds is 11. The molecule has 3 saturated heterocycles. The van der Waals surface area contributed by atoms with Crippen molar-refractivity contribution >= 4 is 35.3 Å². The number of amides is 4. The molecule has 27 heteroatoms. The molecule has 0 spiro atoms. The van der Waals surface area contributed by atoms with Gasteiger partial charge in [-0.25, -0.2) is 42.2 Å². The predicted molar refractivity (Wildman–Crippen MR) is 342 cm³/mol. The number of halogens is 3. The molecule has 1 unspecified atom stereocenters. The third kappa shape index (κ3) is 12.0. The number of nitrogens with one attached hydrogen (secondary N) is 3. The van der Waals surface area contributed by atoms with Gasteiger partial charge in [-0.15, -0.1) is 0 Å². The number of pyridine rings is 3. The quantitative estimate of drug-likeness (QED) is 0.0963. The molecule has 15 rings (SSSR count). The van der Waals surface area contributed by atoms with Gasteiger partial charge in [-0.1, -0.05) is 32.0 Å². The number of piperidine rings is 1. The SMILES string of the molecule is CC(C)c1ccn(-c2cc(-c3c(F)cccc3C#N)nc3c2C(=O)NC3)n1.CO[C@H]1CN(c2ccn(-c3cc(-c4c(F)cccc4C#N)nc4c3C(=O)NC4)n2)C[C@H]1O.N#Cc1cccc(F)c1-c1cc(-n2ccc(N3CCCC(C(=O)N4CCCC4)C3)n2)c2c(n1)CNC2=O. The summed E-state index contributed by atoms with van der Waals surface area (Å²) in [5.41, 5.74) is 6.54. The average Bonchev–Trinajstić information content (AvgIpc) is 1.58. The van der Waals surface area contributed by atoms with Gasteiger partial charge in [-0.2, -0.15) is 31.1 Å². The van der Waals surface area contributed by atoms with Crippen LogP contribution in [0, 0.1) is 57.4 Å². The van der Waals surface area contributed by atoms with Crippen molar-refractivity contribution in [2.24, 2.45) is 5.92 Å². The van der Waals surface area contributed by atoms with Crippen LogP contribution in [0.2, 0.25) is 0 Å². The van der Waals surface area contributed by atoms with Gasteiger partial charge in [0.2, 0.25) is 5.91 Å². The Morgan fingerprint density at radius 1 is 0.562 bits per heavy atom. The summed E-state index contributed by atoms with van der Waals surface area (Å²) in [6.45, 7) is 8.67. The third-order valence-electron chi connectivity index (χ3n) is 17.8. The van der Waals surface area contributed by atoms with Crippen molar-refractivity contribution in [1.29, 1.82) is 15.8 Å². The number of methoxy groups -OCH3 is 1. The van der Waals surface area contributed by atoms with Crippen molar-refractivity contribution in [1.82, 2.24) is 65.1 Å². The number of carbonyl (C=O) groups excluding carboxylic acids is 4. The minimum absolute atomic E-state index is 0.0509. The Morgan fingerprint density at radius 2 is 0.990 bits per heavy atom. The van der Waals surface area contributed by atoms with Gasteiger partial charge in [-0.05, 0) is 92.3 Å². The molecule has 3 fully saturated rings. The summed E-state index contributed by atoms with van der Waals surface area (Å²) in [6, 6.07) is 29.2. The molecule has 484 valence electrons. The van der Waals surface area contributed by atoms with Gasteiger partial charge < -0.3 is 40.5 Å². The summed E-state index contributed by atoms with van der Waals surface area (Å²) in [4.78, 5) is 69.9. The van der Waals surface area contributed by atoms with Crippen LogP contribution in [0.25, 0.3) is 50.8 Å². The highest BCUT2D eigenvalue weighted by Gasteiger charge is 2.36. The molecule has 0 radical (unpaired) electrons. The number of benzene rings is 3. The molecule has 0 aliphatic carbocycles. The number of ether oxygens (including phenoxy) is 1. The van der Waals surface area contributed by atoms with Crippen LogP contribution in [0.4, 0.5) is 24.8 Å². The highest BCUT2D eigenvalue weighted by atomic mass is 19.1. The second kappa shape index (κ2) is 26.4. The molecular formula is C69H61F3N18O6. The molecule has 4 N–H and O–H groups in total. The number of β-amino-alcohol motifs (C(OH)–C–C–N with tert-alkyl or cyclic N) is 1. The lowest BCUT2D eigenvalue weighted by molar-refractivity contribution is -0.134. The van der Waals surface area contributed by atoms with E-state index in [9.17, 15) is 53.2 Å². The van der Waals surface area contributed by atoms with Crippen molar-refractivity contribution < 1.29 is 42.2 Å². The van der Waals surface area contributed by atoms with Crippen molar-refractivity contribution in [3.8, 4) is 69.0 Å². The lowest BCUT2D eigenvalue weighted by atomic mass is 9.96. The lowest BCUT2D eigenvalue weighted by Gasteiger charge is -2.34. The van der Waals surface area contributed by atoms with Crippen LogP contribution in [0.1, 0.15) is 116 Å². The van der Waals surface area contributed by atoms with Gasteiger partial charge in [0, 0.05) is 77.1 Å². The molecule has 6 aliphatic heterocycles. The molecule has 96 heavy (non-hydrogen) atoms. The number of hydrogen-bond donors (Lipinski definition) is 4. The summed E-state index contributed by atoms with van der Waals surface area (Å²) in [6.07, 6.45) is 8.20. The second-order valence-electron chi connectivity index (χ2n) is 24.1. The van der Waals surface area contributed by atoms with E-state index in [1.54, 1.807) is 71.5 Å². The summed E-state index contributed by atoms with van der Waals surface area (Å²) >= 11 is 0. The maximum atomic E-state index is 14.8. The predicted octanol–water partition coefficient (Wildman–Crippen LogP) is 7.72. The van der Waals surface area contributed by atoms with Gasteiger partial charge in [0.15, 0.2) is 11.6 Å². The fraction of sp³-hybridized carbons (Fsp3) is 0.290. The van der Waals surface area contributed by atoms with Crippen LogP contribution >= 0.6 is 0 Å². The van der Waals surface area contributed by atoms with Crippen LogP contribution in [0.15, 0.2) is 110 Å². The Kier molecular flexibility index (Phi) is 17.4. The van der Waals surface area contributed by atoms with Crippen molar-refractivity contribution in [2.75, 3.05) is 56.2 Å². The maximum absolute atomic E-state index is 14.8. The molecule has 9 aromatic rings. The smallest absolute Gasteiger partial charge is 0.255 e. The fourth-order valence-corrected chi connectivity index (χ4v) is 13.0. The van der Waals surface area contributed by atoms with Crippen molar-refractivity contribution in [3.05, 3.63) is 183 Å². The number of aliphatic hydroxyl groups excluding tert-OH is 1. The number of fused-ring (bicyclic) bond motifs is 3. The molecule has 0 saturated carbocycles. The van der Waals surface area contributed by atoms with Gasteiger partial charge in [0.1, 0.15) is 23.6 Å². The van der Waals surface area contributed by atoms with Gasteiger partial charge in [-0.3, -0.25) is 19.2 Å². The minimum Gasteiger partial charge on any atom is -0.388 e. The zero-order valence-electron chi connectivity index (χ0n) is 52.2.